The van der Waals surface area contributed by atoms with Crippen molar-refractivity contribution in [2.75, 3.05) is 17.7 Å². The van der Waals surface area contributed by atoms with E-state index in [1.54, 1.807) is 6.08 Å². The maximum Gasteiger partial charge on any atom is 0.234 e. The Labute approximate surface area is 168 Å². The first-order valence-electron chi connectivity index (χ1n) is 8.96. The van der Waals surface area contributed by atoms with Crippen molar-refractivity contribution in [3.8, 4) is 17.1 Å². The fourth-order valence-electron chi connectivity index (χ4n) is 2.62. The molecule has 2 aromatic carbocycles. The molecule has 1 amide bonds. The van der Waals surface area contributed by atoms with Crippen LogP contribution in [0.15, 0.2) is 72.4 Å². The molecule has 0 spiro atoms. The van der Waals surface area contributed by atoms with E-state index in [1.165, 1.54) is 11.8 Å². The molecule has 0 bridgehead atoms. The first-order valence-corrected chi connectivity index (χ1v) is 9.95. The van der Waals surface area contributed by atoms with E-state index in [0.29, 0.717) is 18.3 Å². The number of hydrogen-bond donors (Lipinski definition) is 1. The molecule has 0 saturated heterocycles. The molecular formula is C21H22N4O2S. The Morgan fingerprint density at radius 3 is 2.61 bits per heavy atom. The number of hydrogen-bond acceptors (Lipinski definition) is 5. The summed E-state index contributed by atoms with van der Waals surface area (Å²) in [4.78, 5) is 12.3. The number of rotatable bonds is 9. The number of amides is 1. The summed E-state index contributed by atoms with van der Waals surface area (Å²) in [5, 5.41) is 12.1. The maximum absolute atomic E-state index is 12.3. The van der Waals surface area contributed by atoms with Crippen LogP contribution in [0, 0.1) is 0 Å². The predicted octanol–water partition coefficient (Wildman–Crippen LogP) is 4.26. The molecule has 1 heterocycles. The van der Waals surface area contributed by atoms with Gasteiger partial charge in [0.2, 0.25) is 5.91 Å². The van der Waals surface area contributed by atoms with Gasteiger partial charge in [-0.1, -0.05) is 48.2 Å². The van der Waals surface area contributed by atoms with Gasteiger partial charge in [0.25, 0.3) is 0 Å². The molecular weight excluding hydrogens is 372 g/mol. The molecule has 6 nitrogen and oxygen atoms in total. The molecule has 0 atom stereocenters. The van der Waals surface area contributed by atoms with Gasteiger partial charge in [-0.15, -0.1) is 16.8 Å². The zero-order chi connectivity index (χ0) is 19.8. The third-order valence-electron chi connectivity index (χ3n) is 3.84. The second-order valence-electron chi connectivity index (χ2n) is 5.87. The van der Waals surface area contributed by atoms with Gasteiger partial charge in [-0.2, -0.15) is 0 Å². The standard InChI is InChI=1S/C21H22N4O2S/c1-3-14-25-20(16-8-6-5-7-9-16)23-24-21(25)28-15-19(26)22-17-10-12-18(13-11-17)27-4-2/h3,5-13H,1,4,14-15H2,2H3,(H,22,26). The van der Waals surface area contributed by atoms with E-state index in [-0.39, 0.29) is 11.7 Å². The smallest absolute Gasteiger partial charge is 0.234 e. The van der Waals surface area contributed by atoms with Crippen LogP contribution < -0.4 is 10.1 Å². The summed E-state index contributed by atoms with van der Waals surface area (Å²) in [5.74, 6) is 1.66. The zero-order valence-corrected chi connectivity index (χ0v) is 16.5. The van der Waals surface area contributed by atoms with Crippen molar-refractivity contribution in [1.29, 1.82) is 0 Å². The number of carbonyl (C=O) groups is 1. The lowest BCUT2D eigenvalue weighted by atomic mass is 10.2. The van der Waals surface area contributed by atoms with Crippen molar-refractivity contribution in [2.45, 2.75) is 18.6 Å². The Morgan fingerprint density at radius 1 is 1.18 bits per heavy atom. The van der Waals surface area contributed by atoms with E-state index in [1.807, 2.05) is 66.1 Å². The molecule has 0 unspecified atom stereocenters. The number of aromatic nitrogens is 3. The number of carbonyl (C=O) groups excluding carboxylic acids is 1. The van der Waals surface area contributed by atoms with Gasteiger partial charge in [0.05, 0.1) is 12.4 Å². The highest BCUT2D eigenvalue weighted by Crippen LogP contribution is 2.24. The van der Waals surface area contributed by atoms with Gasteiger partial charge >= 0.3 is 0 Å². The van der Waals surface area contributed by atoms with E-state index in [9.17, 15) is 4.79 Å². The zero-order valence-electron chi connectivity index (χ0n) is 15.7. The van der Waals surface area contributed by atoms with Gasteiger partial charge in [0.1, 0.15) is 5.75 Å². The van der Waals surface area contributed by atoms with Crippen molar-refractivity contribution < 1.29 is 9.53 Å². The molecule has 0 aliphatic heterocycles. The number of benzene rings is 2. The minimum absolute atomic E-state index is 0.108. The largest absolute Gasteiger partial charge is 0.494 e. The summed E-state index contributed by atoms with van der Waals surface area (Å²) in [6, 6.07) is 17.1. The highest BCUT2D eigenvalue weighted by atomic mass is 32.2. The van der Waals surface area contributed by atoms with Crippen molar-refractivity contribution in [3.05, 3.63) is 67.3 Å². The van der Waals surface area contributed by atoms with Crippen LogP contribution in [-0.4, -0.2) is 33.0 Å². The number of nitrogens with zero attached hydrogens (tertiary/aromatic N) is 3. The molecule has 28 heavy (non-hydrogen) atoms. The molecule has 3 rings (SSSR count). The van der Waals surface area contributed by atoms with Gasteiger partial charge in [-0.05, 0) is 31.2 Å². The Kier molecular flexibility index (Phi) is 6.86. The van der Waals surface area contributed by atoms with Crippen LogP contribution in [0.25, 0.3) is 11.4 Å². The van der Waals surface area contributed by atoms with Crippen molar-refractivity contribution in [3.63, 3.8) is 0 Å². The monoisotopic (exact) mass is 394 g/mol. The lowest BCUT2D eigenvalue weighted by Crippen LogP contribution is -2.14. The molecule has 0 fully saturated rings. The molecule has 0 saturated carbocycles. The molecule has 3 aromatic rings. The first kappa shape index (κ1) is 19.7. The number of allylic oxidation sites excluding steroid dienone is 1. The Bertz CT molecular complexity index is 923. The maximum atomic E-state index is 12.3. The summed E-state index contributed by atoms with van der Waals surface area (Å²) in [7, 11) is 0. The molecule has 1 N–H and O–H groups in total. The Balaban J connectivity index is 1.64. The van der Waals surface area contributed by atoms with Gasteiger partial charge < -0.3 is 10.1 Å². The van der Waals surface area contributed by atoms with Crippen molar-refractivity contribution in [2.24, 2.45) is 0 Å². The fraction of sp³-hybridized carbons (Fsp3) is 0.190. The van der Waals surface area contributed by atoms with E-state index < -0.39 is 0 Å². The van der Waals surface area contributed by atoms with Gasteiger partial charge in [-0.3, -0.25) is 9.36 Å². The van der Waals surface area contributed by atoms with Crippen LogP contribution in [-0.2, 0) is 11.3 Å². The minimum Gasteiger partial charge on any atom is -0.494 e. The second-order valence-corrected chi connectivity index (χ2v) is 6.81. The number of thioether (sulfide) groups is 1. The SMILES string of the molecule is C=CCn1c(SCC(=O)Nc2ccc(OCC)cc2)nnc1-c1ccccc1. The number of anilines is 1. The molecule has 1 aromatic heterocycles. The Morgan fingerprint density at radius 2 is 1.93 bits per heavy atom. The first-order chi connectivity index (χ1) is 13.7. The summed E-state index contributed by atoms with van der Waals surface area (Å²) >= 11 is 1.35. The molecule has 0 aliphatic carbocycles. The van der Waals surface area contributed by atoms with Crippen LogP contribution in [0.2, 0.25) is 0 Å². The van der Waals surface area contributed by atoms with Gasteiger partial charge in [0.15, 0.2) is 11.0 Å². The average Bonchev–Trinajstić information content (AvgIpc) is 3.12. The average molecular weight is 395 g/mol. The summed E-state index contributed by atoms with van der Waals surface area (Å²) < 4.78 is 7.36. The van der Waals surface area contributed by atoms with Gasteiger partial charge in [0, 0.05) is 17.8 Å². The number of nitrogens with one attached hydrogen (secondary N) is 1. The predicted molar refractivity (Wildman–Crippen MR) is 113 cm³/mol. The fourth-order valence-corrected chi connectivity index (χ4v) is 3.37. The molecule has 0 radical (unpaired) electrons. The topological polar surface area (TPSA) is 69.0 Å². The second kappa shape index (κ2) is 9.75. The molecule has 0 aliphatic rings. The van der Waals surface area contributed by atoms with Gasteiger partial charge in [-0.25, -0.2) is 0 Å². The van der Waals surface area contributed by atoms with E-state index in [0.717, 1.165) is 22.8 Å². The molecule has 7 heteroatoms. The van der Waals surface area contributed by atoms with Crippen LogP contribution in [0.4, 0.5) is 5.69 Å². The van der Waals surface area contributed by atoms with Crippen LogP contribution >= 0.6 is 11.8 Å². The quantitative estimate of drug-likeness (QED) is 0.434. The lowest BCUT2D eigenvalue weighted by Gasteiger charge is -2.09. The third-order valence-corrected chi connectivity index (χ3v) is 4.81. The van der Waals surface area contributed by atoms with Crippen LogP contribution in [0.1, 0.15) is 6.92 Å². The summed E-state index contributed by atoms with van der Waals surface area (Å²) in [6.07, 6.45) is 1.79. The van der Waals surface area contributed by atoms with Crippen LogP contribution in [0.5, 0.6) is 5.75 Å². The third kappa shape index (κ3) is 5.01. The summed E-state index contributed by atoms with van der Waals surface area (Å²) in [6.45, 7) is 6.92. The highest BCUT2D eigenvalue weighted by Gasteiger charge is 2.14. The van der Waals surface area contributed by atoms with Crippen LogP contribution in [0.3, 0.4) is 0 Å². The van der Waals surface area contributed by atoms with Crippen molar-refractivity contribution in [1.82, 2.24) is 14.8 Å². The Hall–Kier alpha value is -3.06. The highest BCUT2D eigenvalue weighted by molar-refractivity contribution is 7.99. The van der Waals surface area contributed by atoms with E-state index in [4.69, 9.17) is 4.74 Å². The normalized spacial score (nSPS) is 10.5. The van der Waals surface area contributed by atoms with E-state index in [2.05, 4.69) is 22.1 Å². The summed E-state index contributed by atoms with van der Waals surface area (Å²) in [5.41, 5.74) is 1.70. The van der Waals surface area contributed by atoms with Crippen molar-refractivity contribution >= 4 is 23.4 Å². The van der Waals surface area contributed by atoms with E-state index >= 15 is 0 Å². The number of ether oxygens (including phenoxy) is 1. The lowest BCUT2D eigenvalue weighted by molar-refractivity contribution is -0.113. The minimum atomic E-state index is -0.108. The molecule has 144 valence electrons.